The maximum absolute atomic E-state index is 12.1. The minimum atomic E-state index is -0.645. The first-order valence-corrected chi connectivity index (χ1v) is 5.82. The maximum Gasteiger partial charge on any atom is 0.278 e. The maximum atomic E-state index is 12.1. The molecule has 1 aliphatic rings. The molecule has 6 nitrogen and oxygen atoms in total. The summed E-state index contributed by atoms with van der Waals surface area (Å²) in [5.41, 5.74) is -0.185. The average Bonchev–Trinajstić information content (AvgIpc) is 2.31. The van der Waals surface area contributed by atoms with Gasteiger partial charge in [0.2, 0.25) is 0 Å². The molecular formula is C12H14N4O2. The van der Waals surface area contributed by atoms with Gasteiger partial charge in [0.1, 0.15) is 5.52 Å². The summed E-state index contributed by atoms with van der Waals surface area (Å²) >= 11 is 0. The van der Waals surface area contributed by atoms with E-state index >= 15 is 0 Å². The first kappa shape index (κ1) is 11.3. The van der Waals surface area contributed by atoms with E-state index in [4.69, 9.17) is 0 Å². The van der Waals surface area contributed by atoms with Gasteiger partial charge in [-0.2, -0.15) is 4.68 Å². The molecule has 3 rings (SSSR count). The summed E-state index contributed by atoms with van der Waals surface area (Å²) in [6, 6.07) is 7.15. The number of benzene rings is 1. The number of rotatable bonds is 2. The molecule has 1 aromatic carbocycles. The fourth-order valence-electron chi connectivity index (χ4n) is 2.32. The standard InChI is InChI=1S/C12H14N4O2/c1-12(18)6-15(7-12)8-16-11(17)9-4-2-3-5-10(9)13-14-16/h2-5,18H,6-8H2,1H3. The Morgan fingerprint density at radius 1 is 1.39 bits per heavy atom. The Labute approximate surface area is 103 Å². The molecule has 0 aliphatic carbocycles. The van der Waals surface area contributed by atoms with Crippen molar-refractivity contribution in [3.05, 3.63) is 34.6 Å². The van der Waals surface area contributed by atoms with Gasteiger partial charge >= 0.3 is 0 Å². The van der Waals surface area contributed by atoms with Gasteiger partial charge in [0.15, 0.2) is 0 Å². The summed E-state index contributed by atoms with van der Waals surface area (Å²) in [7, 11) is 0. The van der Waals surface area contributed by atoms with E-state index in [0.717, 1.165) is 0 Å². The lowest BCUT2D eigenvalue weighted by molar-refractivity contribution is -0.0985. The van der Waals surface area contributed by atoms with E-state index in [1.54, 1.807) is 19.1 Å². The van der Waals surface area contributed by atoms with Crippen LogP contribution in [-0.2, 0) is 6.67 Å². The largest absolute Gasteiger partial charge is 0.388 e. The lowest BCUT2D eigenvalue weighted by Gasteiger charge is -2.43. The molecule has 0 unspecified atom stereocenters. The number of β-amino-alcohol motifs (C(OH)–C–C–N with tert-alkyl or cyclic N) is 1. The van der Waals surface area contributed by atoms with Crippen molar-refractivity contribution in [2.45, 2.75) is 19.2 Å². The Morgan fingerprint density at radius 2 is 2.11 bits per heavy atom. The second-order valence-electron chi connectivity index (χ2n) is 5.04. The number of fused-ring (bicyclic) bond motifs is 1. The van der Waals surface area contributed by atoms with Crippen LogP contribution >= 0.6 is 0 Å². The topological polar surface area (TPSA) is 71.2 Å². The monoisotopic (exact) mass is 246 g/mol. The van der Waals surface area contributed by atoms with E-state index in [-0.39, 0.29) is 5.56 Å². The van der Waals surface area contributed by atoms with Crippen molar-refractivity contribution in [3.63, 3.8) is 0 Å². The molecule has 0 amide bonds. The van der Waals surface area contributed by atoms with Crippen LogP contribution in [0.3, 0.4) is 0 Å². The number of aromatic nitrogens is 3. The highest BCUT2D eigenvalue weighted by molar-refractivity contribution is 5.76. The predicted molar refractivity (Wildman–Crippen MR) is 66.0 cm³/mol. The minimum Gasteiger partial charge on any atom is -0.388 e. The fraction of sp³-hybridized carbons (Fsp3) is 0.417. The van der Waals surface area contributed by atoms with E-state index in [1.807, 2.05) is 17.0 Å². The van der Waals surface area contributed by atoms with Gasteiger partial charge in [0.25, 0.3) is 5.56 Å². The molecule has 0 atom stereocenters. The van der Waals surface area contributed by atoms with Crippen LogP contribution in [0.25, 0.3) is 10.9 Å². The van der Waals surface area contributed by atoms with Crippen molar-refractivity contribution in [2.75, 3.05) is 13.1 Å². The quantitative estimate of drug-likeness (QED) is 0.795. The molecule has 94 valence electrons. The van der Waals surface area contributed by atoms with Gasteiger partial charge in [-0.3, -0.25) is 9.69 Å². The smallest absolute Gasteiger partial charge is 0.278 e. The summed E-state index contributed by atoms with van der Waals surface area (Å²) in [6.07, 6.45) is 0. The van der Waals surface area contributed by atoms with Gasteiger partial charge in [-0.15, -0.1) is 5.10 Å². The second kappa shape index (κ2) is 3.86. The SMILES string of the molecule is CC1(O)CN(Cn2nnc3ccccc3c2=O)C1. The average molecular weight is 246 g/mol. The summed E-state index contributed by atoms with van der Waals surface area (Å²) in [6.45, 7) is 3.24. The third-order valence-corrected chi connectivity index (χ3v) is 3.09. The molecule has 0 spiro atoms. The zero-order valence-electron chi connectivity index (χ0n) is 10.1. The van der Waals surface area contributed by atoms with E-state index in [1.165, 1.54) is 4.68 Å². The number of hydrogen-bond donors (Lipinski definition) is 1. The number of nitrogens with zero attached hydrogens (tertiary/aromatic N) is 4. The van der Waals surface area contributed by atoms with Crippen LogP contribution < -0.4 is 5.56 Å². The van der Waals surface area contributed by atoms with Gasteiger partial charge in [0, 0.05) is 13.1 Å². The van der Waals surface area contributed by atoms with Gasteiger partial charge in [0.05, 0.1) is 17.7 Å². The Bertz CT molecular complexity index is 642. The minimum absolute atomic E-state index is 0.146. The summed E-state index contributed by atoms with van der Waals surface area (Å²) in [5.74, 6) is 0. The molecule has 0 saturated carbocycles. The van der Waals surface area contributed by atoms with Crippen LogP contribution in [0.15, 0.2) is 29.1 Å². The van der Waals surface area contributed by atoms with Crippen molar-refractivity contribution in [1.29, 1.82) is 0 Å². The van der Waals surface area contributed by atoms with E-state index in [9.17, 15) is 9.90 Å². The van der Waals surface area contributed by atoms with E-state index in [0.29, 0.717) is 30.7 Å². The Balaban J connectivity index is 1.90. The Morgan fingerprint density at radius 3 is 2.83 bits per heavy atom. The third kappa shape index (κ3) is 1.89. The number of aliphatic hydroxyl groups is 1. The predicted octanol–water partition coefficient (Wildman–Crippen LogP) is -0.184. The van der Waals surface area contributed by atoms with Crippen molar-refractivity contribution in [3.8, 4) is 0 Å². The molecule has 2 heterocycles. The van der Waals surface area contributed by atoms with Crippen LogP contribution in [0.1, 0.15) is 6.92 Å². The van der Waals surface area contributed by atoms with Gasteiger partial charge in [-0.1, -0.05) is 17.3 Å². The van der Waals surface area contributed by atoms with Crippen molar-refractivity contribution >= 4 is 10.9 Å². The molecule has 2 aromatic rings. The van der Waals surface area contributed by atoms with Crippen LogP contribution in [-0.4, -0.2) is 43.7 Å². The van der Waals surface area contributed by atoms with E-state index < -0.39 is 5.60 Å². The zero-order chi connectivity index (χ0) is 12.8. The van der Waals surface area contributed by atoms with Crippen LogP contribution in [0.4, 0.5) is 0 Å². The molecule has 6 heteroatoms. The van der Waals surface area contributed by atoms with Crippen molar-refractivity contribution in [2.24, 2.45) is 0 Å². The molecule has 1 saturated heterocycles. The highest BCUT2D eigenvalue weighted by Crippen LogP contribution is 2.19. The molecule has 0 radical (unpaired) electrons. The lowest BCUT2D eigenvalue weighted by atomic mass is 9.98. The van der Waals surface area contributed by atoms with Crippen LogP contribution in [0, 0.1) is 0 Å². The Hall–Kier alpha value is -1.79. The van der Waals surface area contributed by atoms with E-state index in [2.05, 4.69) is 10.3 Å². The van der Waals surface area contributed by atoms with Crippen LogP contribution in [0.5, 0.6) is 0 Å². The zero-order valence-corrected chi connectivity index (χ0v) is 10.1. The van der Waals surface area contributed by atoms with Gasteiger partial charge in [-0.25, -0.2) is 0 Å². The molecule has 0 bridgehead atoms. The summed E-state index contributed by atoms with van der Waals surface area (Å²) in [5, 5.41) is 18.1. The first-order chi connectivity index (χ1) is 8.55. The van der Waals surface area contributed by atoms with Gasteiger partial charge < -0.3 is 5.11 Å². The first-order valence-electron chi connectivity index (χ1n) is 5.82. The van der Waals surface area contributed by atoms with Crippen LogP contribution in [0.2, 0.25) is 0 Å². The molecule has 1 N–H and O–H groups in total. The molecule has 1 aromatic heterocycles. The number of hydrogen-bond acceptors (Lipinski definition) is 5. The molecule has 18 heavy (non-hydrogen) atoms. The van der Waals surface area contributed by atoms with Crippen molar-refractivity contribution in [1.82, 2.24) is 19.9 Å². The van der Waals surface area contributed by atoms with Gasteiger partial charge in [-0.05, 0) is 19.1 Å². The van der Waals surface area contributed by atoms with Crippen molar-refractivity contribution < 1.29 is 5.11 Å². The molecule has 1 fully saturated rings. The second-order valence-corrected chi connectivity index (χ2v) is 5.04. The summed E-state index contributed by atoms with van der Waals surface area (Å²) in [4.78, 5) is 14.1. The number of likely N-dealkylation sites (tertiary alicyclic amines) is 1. The Kier molecular flexibility index (Phi) is 2.42. The highest BCUT2D eigenvalue weighted by atomic mass is 16.3. The third-order valence-electron chi connectivity index (χ3n) is 3.09. The summed E-state index contributed by atoms with van der Waals surface area (Å²) < 4.78 is 1.33. The molecule has 1 aliphatic heterocycles. The molecular weight excluding hydrogens is 232 g/mol. The lowest BCUT2D eigenvalue weighted by Crippen LogP contribution is -2.60. The highest BCUT2D eigenvalue weighted by Gasteiger charge is 2.36. The fourth-order valence-corrected chi connectivity index (χ4v) is 2.32. The normalized spacial score (nSPS) is 18.8.